The van der Waals surface area contributed by atoms with Crippen LogP contribution in [-0.4, -0.2) is 11.2 Å². The molecule has 3 heteroatoms. The van der Waals surface area contributed by atoms with Crippen LogP contribution in [0.5, 0.6) is 0 Å². The van der Waals surface area contributed by atoms with Gasteiger partial charge in [-0.3, -0.25) is 4.79 Å². The molecule has 2 atom stereocenters. The minimum atomic E-state index is -0.364. The number of halogens is 1. The van der Waals surface area contributed by atoms with Crippen LogP contribution in [0.1, 0.15) is 30.9 Å². The first-order valence-corrected chi connectivity index (χ1v) is 11.5. The number of rotatable bonds is 3. The molecule has 2 nitrogen and oxygen atoms in total. The maximum absolute atomic E-state index is 12.5. The lowest BCUT2D eigenvalue weighted by atomic mass is 9.82. The Morgan fingerprint density at radius 3 is 2.55 bits per heavy atom. The Kier molecular flexibility index (Phi) is 6.89. The van der Waals surface area contributed by atoms with Gasteiger partial charge in [0.1, 0.15) is 0 Å². The second kappa shape index (κ2) is 9.98. The van der Waals surface area contributed by atoms with Crippen molar-refractivity contribution in [1.29, 1.82) is 0 Å². The van der Waals surface area contributed by atoms with E-state index < -0.39 is 0 Å². The number of benzene rings is 2. The van der Waals surface area contributed by atoms with Crippen LogP contribution in [0.2, 0.25) is 0 Å². The summed E-state index contributed by atoms with van der Waals surface area (Å²) in [6.07, 6.45) is 19.6. The Morgan fingerprint density at radius 1 is 1.00 bits per heavy atom. The van der Waals surface area contributed by atoms with E-state index in [1.165, 1.54) is 32.7 Å². The van der Waals surface area contributed by atoms with Crippen LogP contribution in [0.25, 0.3) is 23.3 Å². The van der Waals surface area contributed by atoms with Gasteiger partial charge < -0.3 is 5.32 Å². The number of alkyl halides is 1. The lowest BCUT2D eigenvalue weighted by Crippen LogP contribution is -2.38. The number of hydrogen-bond donors (Lipinski definition) is 1. The number of Topliss-reactive ketones (excluding diaryl/α,β-unsaturated/α-hetero) is 1. The van der Waals surface area contributed by atoms with Crippen LogP contribution in [0.4, 0.5) is 0 Å². The van der Waals surface area contributed by atoms with Crippen molar-refractivity contribution in [3.8, 4) is 11.1 Å². The van der Waals surface area contributed by atoms with Gasteiger partial charge in [-0.2, -0.15) is 0 Å². The molecule has 2 aromatic carbocycles. The standard InChI is InChI=1S/C22H21ClO.C6H7N/c1-2-21(23)22(24)16-8-7-15-10-11-18-17-6-4-3-5-14(17)9-12-19(18)20(15)13-16;1-2-4-6-7-5-3-1/h3-6,10-13,16,21H,2,7-9H2,1H3;1-7H. The molecule has 0 saturated heterocycles. The third-order valence-electron chi connectivity index (χ3n) is 6.05. The highest BCUT2D eigenvalue weighted by molar-refractivity contribution is 6.31. The molecule has 1 aliphatic heterocycles. The molecule has 1 N–H and O–H groups in total. The Hall–Kier alpha value is -2.84. The van der Waals surface area contributed by atoms with Crippen molar-refractivity contribution in [1.82, 2.24) is 5.32 Å². The molecule has 0 spiro atoms. The van der Waals surface area contributed by atoms with Crippen LogP contribution in [0.15, 0.2) is 73.1 Å². The zero-order valence-electron chi connectivity index (χ0n) is 17.9. The summed E-state index contributed by atoms with van der Waals surface area (Å²) in [5.41, 5.74) is 5.34. The summed E-state index contributed by atoms with van der Waals surface area (Å²) >= 11 is 6.21. The largest absolute Gasteiger partial charge is 0.368 e. The number of ketones is 1. The normalized spacial score (nSPS) is 18.5. The molecular formula is C28H28ClNO. The molecule has 31 heavy (non-hydrogen) atoms. The number of aryl methyl sites for hydroxylation is 1. The van der Waals surface area contributed by atoms with Crippen molar-refractivity contribution < 1.29 is 4.79 Å². The van der Waals surface area contributed by atoms with E-state index in [-0.39, 0.29) is 17.1 Å². The number of allylic oxidation sites excluding steroid dienone is 4. The van der Waals surface area contributed by atoms with Gasteiger partial charge in [-0.15, -0.1) is 11.6 Å². The van der Waals surface area contributed by atoms with Gasteiger partial charge in [-0.1, -0.05) is 67.6 Å². The molecule has 2 aliphatic carbocycles. The van der Waals surface area contributed by atoms with Gasteiger partial charge >= 0.3 is 0 Å². The third kappa shape index (κ3) is 4.75. The minimum absolute atomic E-state index is 0.0444. The predicted octanol–water partition coefficient (Wildman–Crippen LogP) is 4.79. The molecule has 0 bridgehead atoms. The maximum atomic E-state index is 12.5. The van der Waals surface area contributed by atoms with Crippen LogP contribution < -0.4 is 15.8 Å². The lowest BCUT2D eigenvalue weighted by molar-refractivity contribution is -0.121. The predicted molar refractivity (Wildman–Crippen MR) is 131 cm³/mol. The summed E-state index contributed by atoms with van der Waals surface area (Å²) < 4.78 is 0. The summed E-state index contributed by atoms with van der Waals surface area (Å²) in [6, 6.07) is 13.1. The molecule has 5 rings (SSSR count). The van der Waals surface area contributed by atoms with Crippen LogP contribution in [-0.2, 0) is 17.6 Å². The topological polar surface area (TPSA) is 29.1 Å². The van der Waals surface area contributed by atoms with Crippen molar-refractivity contribution in [3.05, 3.63) is 94.7 Å². The summed E-state index contributed by atoms with van der Waals surface area (Å²) in [5.74, 6) is 0.135. The highest BCUT2D eigenvalue weighted by Gasteiger charge is 2.25. The first-order valence-electron chi connectivity index (χ1n) is 11.0. The molecule has 0 aromatic heterocycles. The van der Waals surface area contributed by atoms with Gasteiger partial charge in [0.2, 0.25) is 0 Å². The molecule has 1 heterocycles. The number of nitrogens with one attached hydrogen (secondary N) is 1. The van der Waals surface area contributed by atoms with Crippen LogP contribution in [0.3, 0.4) is 0 Å². The van der Waals surface area contributed by atoms with E-state index in [1.54, 1.807) is 0 Å². The van der Waals surface area contributed by atoms with Crippen molar-refractivity contribution in [2.24, 2.45) is 5.92 Å². The smallest absolute Gasteiger partial charge is 0.157 e. The highest BCUT2D eigenvalue weighted by atomic mass is 35.5. The van der Waals surface area contributed by atoms with Crippen molar-refractivity contribution in [2.75, 3.05) is 0 Å². The fourth-order valence-electron chi connectivity index (χ4n) is 4.38. The molecule has 158 valence electrons. The number of carbonyl (C=O) groups is 1. The van der Waals surface area contributed by atoms with Gasteiger partial charge in [0, 0.05) is 18.3 Å². The quantitative estimate of drug-likeness (QED) is 0.710. The maximum Gasteiger partial charge on any atom is 0.157 e. The monoisotopic (exact) mass is 429 g/mol. The zero-order chi connectivity index (χ0) is 21.6. The zero-order valence-corrected chi connectivity index (χ0v) is 18.6. The van der Waals surface area contributed by atoms with Crippen LogP contribution in [0, 0.1) is 5.92 Å². The second-order valence-corrected chi connectivity index (χ2v) is 8.55. The third-order valence-corrected chi connectivity index (χ3v) is 6.58. The Labute approximate surface area is 189 Å². The summed E-state index contributed by atoms with van der Waals surface area (Å²) in [6.45, 7) is 1.97. The summed E-state index contributed by atoms with van der Waals surface area (Å²) in [7, 11) is 0. The summed E-state index contributed by atoms with van der Waals surface area (Å²) in [5, 5.41) is 5.11. The van der Waals surface area contributed by atoms with E-state index in [2.05, 4.69) is 53.9 Å². The van der Waals surface area contributed by atoms with Gasteiger partial charge in [0.15, 0.2) is 5.78 Å². The Morgan fingerprint density at radius 2 is 1.77 bits per heavy atom. The van der Waals surface area contributed by atoms with E-state index in [0.717, 1.165) is 19.3 Å². The molecule has 0 fully saturated rings. The van der Waals surface area contributed by atoms with Gasteiger partial charge in [-0.25, -0.2) is 0 Å². The van der Waals surface area contributed by atoms with E-state index in [1.807, 2.05) is 43.6 Å². The second-order valence-electron chi connectivity index (χ2n) is 8.02. The van der Waals surface area contributed by atoms with Crippen molar-refractivity contribution >= 4 is 29.5 Å². The van der Waals surface area contributed by atoms with Gasteiger partial charge in [0.25, 0.3) is 0 Å². The van der Waals surface area contributed by atoms with Crippen molar-refractivity contribution in [3.63, 3.8) is 0 Å². The van der Waals surface area contributed by atoms with Gasteiger partial charge in [0.05, 0.1) is 5.38 Å². The lowest BCUT2D eigenvalue weighted by Gasteiger charge is -2.22. The average Bonchev–Trinajstić information content (AvgIpc) is 3.16. The molecule has 0 amide bonds. The van der Waals surface area contributed by atoms with E-state index in [4.69, 9.17) is 11.6 Å². The van der Waals surface area contributed by atoms with E-state index in [0.29, 0.717) is 6.42 Å². The number of fused-ring (bicyclic) bond motifs is 5. The SMILES string of the molecule is C1=CC=CNC=C1.CCC(Cl)C(=O)C1C=c2c(ccc3c2=CCc2ccccc2-3)CC1. The van der Waals surface area contributed by atoms with E-state index >= 15 is 0 Å². The fraction of sp³-hybridized carbons (Fsp3) is 0.250. The highest BCUT2D eigenvalue weighted by Crippen LogP contribution is 2.26. The molecule has 0 saturated carbocycles. The van der Waals surface area contributed by atoms with Crippen LogP contribution >= 0.6 is 11.6 Å². The number of hydrogen-bond acceptors (Lipinski definition) is 2. The van der Waals surface area contributed by atoms with E-state index in [9.17, 15) is 4.79 Å². The van der Waals surface area contributed by atoms with Gasteiger partial charge in [-0.05, 0) is 70.5 Å². The minimum Gasteiger partial charge on any atom is -0.368 e. The first-order chi connectivity index (χ1) is 15.2. The Bertz CT molecular complexity index is 1160. The van der Waals surface area contributed by atoms with Crippen molar-refractivity contribution in [2.45, 2.75) is 38.0 Å². The summed E-state index contributed by atoms with van der Waals surface area (Å²) in [4.78, 5) is 12.5. The first kappa shape index (κ1) is 21.4. The number of carbonyl (C=O) groups excluding carboxylic acids is 1. The molecule has 2 unspecified atom stereocenters. The fourth-order valence-corrected chi connectivity index (χ4v) is 4.55. The molecule has 0 radical (unpaired) electrons. The Balaban J connectivity index is 0.000000282. The molecule has 3 aliphatic rings. The molecular weight excluding hydrogens is 402 g/mol. The molecule has 2 aromatic rings. The average molecular weight is 430 g/mol.